The van der Waals surface area contributed by atoms with E-state index in [2.05, 4.69) is 15.3 Å². The van der Waals surface area contributed by atoms with Gasteiger partial charge in [-0.25, -0.2) is 9.97 Å². The van der Waals surface area contributed by atoms with Gasteiger partial charge >= 0.3 is 0 Å². The molecule has 2 aliphatic carbocycles. The van der Waals surface area contributed by atoms with E-state index in [0.29, 0.717) is 17.6 Å². The van der Waals surface area contributed by atoms with Crippen LogP contribution in [0.1, 0.15) is 46.8 Å². The normalized spacial score (nSPS) is 18.3. The van der Waals surface area contributed by atoms with Gasteiger partial charge in [0.1, 0.15) is 11.5 Å². The van der Waals surface area contributed by atoms with Gasteiger partial charge in [-0.3, -0.25) is 4.79 Å². The van der Waals surface area contributed by atoms with Crippen molar-refractivity contribution in [2.75, 3.05) is 0 Å². The highest BCUT2D eigenvalue weighted by Crippen LogP contribution is 2.24. The molecule has 0 bridgehead atoms. The molecule has 0 unspecified atom stereocenters. The number of aryl methyl sites for hydroxylation is 2. The zero-order valence-electron chi connectivity index (χ0n) is 9.42. The summed E-state index contributed by atoms with van der Waals surface area (Å²) < 4.78 is 0. The number of aromatic nitrogens is 2. The van der Waals surface area contributed by atoms with Gasteiger partial charge in [0.25, 0.3) is 5.91 Å². The van der Waals surface area contributed by atoms with E-state index in [1.165, 1.54) is 0 Å². The fourth-order valence-corrected chi connectivity index (χ4v) is 2.23. The van der Waals surface area contributed by atoms with Gasteiger partial charge in [0.2, 0.25) is 0 Å². The van der Waals surface area contributed by atoms with Crippen molar-refractivity contribution in [3.05, 3.63) is 22.8 Å². The van der Waals surface area contributed by atoms with Gasteiger partial charge in [-0.2, -0.15) is 0 Å². The molecule has 0 radical (unpaired) electrons. The van der Waals surface area contributed by atoms with E-state index >= 15 is 0 Å². The number of carbonyl (C=O) groups excluding carboxylic acids is 1. The SMILES string of the molecule is Cc1nc2c(c(C(=O)NC3CC3)n1)CCC2. The summed E-state index contributed by atoms with van der Waals surface area (Å²) in [6.45, 7) is 1.85. The molecule has 0 aliphatic heterocycles. The van der Waals surface area contributed by atoms with E-state index in [4.69, 9.17) is 0 Å². The van der Waals surface area contributed by atoms with Crippen molar-refractivity contribution in [2.24, 2.45) is 0 Å². The maximum atomic E-state index is 12.0. The van der Waals surface area contributed by atoms with Gasteiger partial charge in [0.15, 0.2) is 0 Å². The lowest BCUT2D eigenvalue weighted by atomic mass is 10.1. The van der Waals surface area contributed by atoms with Crippen molar-refractivity contribution in [2.45, 2.75) is 45.1 Å². The second-order valence-electron chi connectivity index (χ2n) is 4.65. The lowest BCUT2D eigenvalue weighted by Gasteiger charge is -2.08. The highest BCUT2D eigenvalue weighted by Gasteiger charge is 2.28. The van der Waals surface area contributed by atoms with Crippen LogP contribution in [0, 0.1) is 6.92 Å². The minimum Gasteiger partial charge on any atom is -0.348 e. The Kier molecular flexibility index (Phi) is 2.16. The van der Waals surface area contributed by atoms with Gasteiger partial charge in [0.05, 0.1) is 0 Å². The number of hydrogen-bond donors (Lipinski definition) is 1. The van der Waals surface area contributed by atoms with Crippen LogP contribution in [-0.2, 0) is 12.8 Å². The topological polar surface area (TPSA) is 54.9 Å². The largest absolute Gasteiger partial charge is 0.348 e. The quantitative estimate of drug-likeness (QED) is 0.809. The summed E-state index contributed by atoms with van der Waals surface area (Å²) in [4.78, 5) is 20.7. The van der Waals surface area contributed by atoms with E-state index in [0.717, 1.165) is 43.4 Å². The summed E-state index contributed by atoms with van der Waals surface area (Å²) in [5.41, 5.74) is 2.77. The Hall–Kier alpha value is -1.45. The average Bonchev–Trinajstić information content (AvgIpc) is 2.93. The predicted molar refractivity (Wildman–Crippen MR) is 59.3 cm³/mol. The smallest absolute Gasteiger partial charge is 0.270 e. The molecule has 1 fully saturated rings. The molecule has 1 heterocycles. The maximum absolute atomic E-state index is 12.0. The highest BCUT2D eigenvalue weighted by molar-refractivity contribution is 5.94. The van der Waals surface area contributed by atoms with E-state index in [-0.39, 0.29) is 5.91 Å². The fraction of sp³-hybridized carbons (Fsp3) is 0.583. The first kappa shape index (κ1) is 9.75. The van der Waals surface area contributed by atoms with Crippen LogP contribution in [0.3, 0.4) is 0 Å². The van der Waals surface area contributed by atoms with Crippen LogP contribution in [0.25, 0.3) is 0 Å². The highest BCUT2D eigenvalue weighted by atomic mass is 16.2. The summed E-state index contributed by atoms with van der Waals surface area (Å²) >= 11 is 0. The van der Waals surface area contributed by atoms with Crippen molar-refractivity contribution in [1.29, 1.82) is 0 Å². The van der Waals surface area contributed by atoms with Crippen LogP contribution < -0.4 is 5.32 Å². The van der Waals surface area contributed by atoms with Crippen molar-refractivity contribution >= 4 is 5.91 Å². The Bertz CT molecular complexity index is 452. The van der Waals surface area contributed by atoms with E-state index in [9.17, 15) is 4.79 Å². The Morgan fingerprint density at radius 1 is 1.31 bits per heavy atom. The lowest BCUT2D eigenvalue weighted by Crippen LogP contribution is -2.28. The Balaban J connectivity index is 1.95. The average molecular weight is 217 g/mol. The summed E-state index contributed by atoms with van der Waals surface area (Å²) in [7, 11) is 0. The molecule has 1 aromatic heterocycles. The van der Waals surface area contributed by atoms with E-state index in [1.807, 2.05) is 6.92 Å². The molecular formula is C12H15N3O. The second kappa shape index (κ2) is 3.54. The molecule has 0 aromatic carbocycles. The van der Waals surface area contributed by atoms with Gasteiger partial charge < -0.3 is 5.32 Å². The molecule has 1 N–H and O–H groups in total. The Morgan fingerprint density at radius 3 is 2.88 bits per heavy atom. The summed E-state index contributed by atoms with van der Waals surface area (Å²) in [5.74, 6) is 0.702. The first-order valence-corrected chi connectivity index (χ1v) is 5.91. The van der Waals surface area contributed by atoms with Crippen LogP contribution in [0.4, 0.5) is 0 Å². The molecule has 3 rings (SSSR count). The lowest BCUT2D eigenvalue weighted by molar-refractivity contribution is 0.0944. The van der Waals surface area contributed by atoms with Crippen molar-refractivity contribution in [3.63, 3.8) is 0 Å². The molecule has 1 saturated carbocycles. The molecule has 0 saturated heterocycles. The van der Waals surface area contributed by atoms with Crippen LogP contribution in [0.2, 0.25) is 0 Å². The summed E-state index contributed by atoms with van der Waals surface area (Å²) in [6, 6.07) is 0.389. The molecule has 0 spiro atoms. The minimum atomic E-state index is -0.00819. The predicted octanol–water partition coefficient (Wildman–Crippen LogP) is 1.17. The monoisotopic (exact) mass is 217 g/mol. The standard InChI is InChI=1S/C12H15N3O/c1-7-13-10-4-2-3-9(10)11(14-7)12(16)15-8-5-6-8/h8H,2-6H2,1H3,(H,15,16). The Labute approximate surface area is 94.5 Å². The van der Waals surface area contributed by atoms with Crippen molar-refractivity contribution < 1.29 is 4.79 Å². The summed E-state index contributed by atoms with van der Waals surface area (Å²) in [5, 5.41) is 3.00. The van der Waals surface area contributed by atoms with Crippen LogP contribution >= 0.6 is 0 Å². The Morgan fingerprint density at radius 2 is 2.12 bits per heavy atom. The molecule has 16 heavy (non-hydrogen) atoms. The molecule has 0 atom stereocenters. The van der Waals surface area contributed by atoms with Crippen LogP contribution in [-0.4, -0.2) is 21.9 Å². The molecule has 84 valence electrons. The van der Waals surface area contributed by atoms with Gasteiger partial charge in [0, 0.05) is 17.3 Å². The molecule has 4 nitrogen and oxygen atoms in total. The van der Waals surface area contributed by atoms with Crippen molar-refractivity contribution in [1.82, 2.24) is 15.3 Å². The molecular weight excluding hydrogens is 202 g/mol. The van der Waals surface area contributed by atoms with Gasteiger partial charge in [-0.1, -0.05) is 0 Å². The first-order valence-electron chi connectivity index (χ1n) is 5.91. The van der Waals surface area contributed by atoms with Crippen LogP contribution in [0.15, 0.2) is 0 Å². The third kappa shape index (κ3) is 1.68. The third-order valence-electron chi connectivity index (χ3n) is 3.17. The second-order valence-corrected chi connectivity index (χ2v) is 4.65. The molecule has 4 heteroatoms. The molecule has 1 aromatic rings. The zero-order valence-corrected chi connectivity index (χ0v) is 9.42. The van der Waals surface area contributed by atoms with Crippen molar-refractivity contribution in [3.8, 4) is 0 Å². The number of rotatable bonds is 2. The number of hydrogen-bond acceptors (Lipinski definition) is 3. The number of fused-ring (bicyclic) bond motifs is 1. The number of carbonyl (C=O) groups is 1. The molecule has 1 amide bonds. The molecule has 2 aliphatic rings. The summed E-state index contributed by atoms with van der Waals surface area (Å²) in [6.07, 6.45) is 5.25. The van der Waals surface area contributed by atoms with Crippen LogP contribution in [0.5, 0.6) is 0 Å². The fourth-order valence-electron chi connectivity index (χ4n) is 2.23. The van der Waals surface area contributed by atoms with E-state index < -0.39 is 0 Å². The van der Waals surface area contributed by atoms with Gasteiger partial charge in [-0.15, -0.1) is 0 Å². The number of nitrogens with zero attached hydrogens (tertiary/aromatic N) is 2. The van der Waals surface area contributed by atoms with E-state index in [1.54, 1.807) is 0 Å². The first-order chi connectivity index (χ1) is 7.74. The minimum absolute atomic E-state index is 0.00819. The third-order valence-corrected chi connectivity index (χ3v) is 3.17. The number of nitrogens with one attached hydrogen (secondary N) is 1. The maximum Gasteiger partial charge on any atom is 0.270 e. The zero-order chi connectivity index (χ0) is 11.1. The number of amides is 1. The van der Waals surface area contributed by atoms with Gasteiger partial charge in [-0.05, 0) is 39.0 Å².